The summed E-state index contributed by atoms with van der Waals surface area (Å²) in [6.45, 7) is 1.81. The minimum atomic E-state index is -0.546. The Labute approximate surface area is 123 Å². The van der Waals surface area contributed by atoms with Gasteiger partial charge >= 0.3 is 0 Å². The molecule has 0 fully saturated rings. The average molecular weight is 336 g/mol. The number of aromatic nitrogens is 1. The van der Waals surface area contributed by atoms with E-state index in [9.17, 15) is 14.9 Å². The Kier molecular flexibility index (Phi) is 4.09. The summed E-state index contributed by atoms with van der Waals surface area (Å²) in [7, 11) is 0. The lowest BCUT2D eigenvalue weighted by Crippen LogP contribution is -2.14. The van der Waals surface area contributed by atoms with Crippen molar-refractivity contribution in [3.05, 3.63) is 62.2 Å². The molecular formula is C13H10BrN3O3. The molecule has 0 atom stereocenters. The van der Waals surface area contributed by atoms with E-state index in [4.69, 9.17) is 0 Å². The van der Waals surface area contributed by atoms with Gasteiger partial charge < -0.3 is 5.32 Å². The number of pyridine rings is 1. The monoisotopic (exact) mass is 335 g/mol. The zero-order valence-electron chi connectivity index (χ0n) is 10.5. The van der Waals surface area contributed by atoms with Gasteiger partial charge in [-0.05, 0) is 40.5 Å². The predicted molar refractivity (Wildman–Crippen MR) is 77.7 cm³/mol. The second-order valence-electron chi connectivity index (χ2n) is 4.04. The van der Waals surface area contributed by atoms with E-state index in [1.54, 1.807) is 12.3 Å². The molecule has 6 nitrogen and oxygen atoms in total. The molecule has 1 aromatic carbocycles. The summed E-state index contributed by atoms with van der Waals surface area (Å²) in [4.78, 5) is 26.4. The molecule has 0 spiro atoms. The topological polar surface area (TPSA) is 85.1 Å². The van der Waals surface area contributed by atoms with E-state index in [0.717, 1.165) is 5.56 Å². The third-order valence-electron chi connectivity index (χ3n) is 2.65. The maximum absolute atomic E-state index is 12.2. The van der Waals surface area contributed by atoms with E-state index in [0.29, 0.717) is 10.3 Å². The van der Waals surface area contributed by atoms with Gasteiger partial charge in [-0.1, -0.05) is 6.07 Å². The highest BCUT2D eigenvalue weighted by Crippen LogP contribution is 2.23. The zero-order valence-corrected chi connectivity index (χ0v) is 12.0. The lowest BCUT2D eigenvalue weighted by Gasteiger charge is -2.08. The van der Waals surface area contributed by atoms with Crippen LogP contribution in [0.1, 0.15) is 15.9 Å². The molecular weight excluding hydrogens is 326 g/mol. The number of carbonyl (C=O) groups is 1. The van der Waals surface area contributed by atoms with Crippen LogP contribution in [-0.4, -0.2) is 15.8 Å². The van der Waals surface area contributed by atoms with Crippen LogP contribution in [0.3, 0.4) is 0 Å². The Bertz CT molecular complexity index is 688. The molecule has 0 aliphatic heterocycles. The van der Waals surface area contributed by atoms with Crippen molar-refractivity contribution < 1.29 is 9.72 Å². The molecule has 20 heavy (non-hydrogen) atoms. The number of anilines is 1. The number of aryl methyl sites for hydroxylation is 1. The molecule has 0 saturated carbocycles. The van der Waals surface area contributed by atoms with E-state index in [1.807, 2.05) is 13.0 Å². The van der Waals surface area contributed by atoms with E-state index in [2.05, 4.69) is 26.2 Å². The molecule has 1 heterocycles. The summed E-state index contributed by atoms with van der Waals surface area (Å²) < 4.78 is 0.481. The molecule has 2 aromatic rings. The summed E-state index contributed by atoms with van der Waals surface area (Å²) in [6, 6.07) is 7.59. The van der Waals surface area contributed by atoms with Crippen LogP contribution < -0.4 is 5.32 Å². The maximum atomic E-state index is 12.2. The lowest BCUT2D eigenvalue weighted by atomic mass is 10.2. The van der Waals surface area contributed by atoms with Gasteiger partial charge in [-0.25, -0.2) is 4.98 Å². The largest absolute Gasteiger partial charge is 0.306 e. The van der Waals surface area contributed by atoms with Crippen molar-refractivity contribution in [3.63, 3.8) is 0 Å². The second-order valence-corrected chi connectivity index (χ2v) is 4.90. The highest BCUT2D eigenvalue weighted by molar-refractivity contribution is 9.10. The molecule has 0 radical (unpaired) electrons. The van der Waals surface area contributed by atoms with Gasteiger partial charge in [0.2, 0.25) is 0 Å². The van der Waals surface area contributed by atoms with Crippen molar-refractivity contribution in [2.24, 2.45) is 0 Å². The normalized spacial score (nSPS) is 10.1. The first-order valence-electron chi connectivity index (χ1n) is 5.66. The smallest absolute Gasteiger partial charge is 0.270 e. The molecule has 102 valence electrons. The van der Waals surface area contributed by atoms with Crippen LogP contribution in [0.2, 0.25) is 0 Å². The molecule has 0 unspecified atom stereocenters. The quantitative estimate of drug-likeness (QED) is 0.688. The average Bonchev–Trinajstić information content (AvgIpc) is 2.41. The van der Waals surface area contributed by atoms with Crippen LogP contribution >= 0.6 is 15.9 Å². The third-order valence-corrected chi connectivity index (χ3v) is 3.34. The second kappa shape index (κ2) is 5.79. The number of nitro benzene ring substituents is 1. The molecule has 1 N–H and O–H groups in total. The number of nitro groups is 1. The number of hydrogen-bond donors (Lipinski definition) is 1. The molecule has 0 bridgehead atoms. The number of rotatable bonds is 3. The van der Waals surface area contributed by atoms with Crippen LogP contribution in [0.4, 0.5) is 11.5 Å². The fraction of sp³-hybridized carbons (Fsp3) is 0.0769. The minimum Gasteiger partial charge on any atom is -0.306 e. The molecule has 1 amide bonds. The van der Waals surface area contributed by atoms with Crippen molar-refractivity contribution >= 4 is 33.3 Å². The van der Waals surface area contributed by atoms with Crippen LogP contribution in [0.25, 0.3) is 0 Å². The van der Waals surface area contributed by atoms with Crippen LogP contribution in [0.5, 0.6) is 0 Å². The third kappa shape index (κ3) is 3.00. The zero-order chi connectivity index (χ0) is 14.7. The van der Waals surface area contributed by atoms with Crippen molar-refractivity contribution in [1.29, 1.82) is 0 Å². The van der Waals surface area contributed by atoms with Gasteiger partial charge in [0.1, 0.15) is 5.82 Å². The summed E-state index contributed by atoms with van der Waals surface area (Å²) in [5, 5.41) is 13.4. The van der Waals surface area contributed by atoms with Gasteiger partial charge in [0.25, 0.3) is 11.6 Å². The summed E-state index contributed by atoms with van der Waals surface area (Å²) >= 11 is 3.21. The fourth-order valence-electron chi connectivity index (χ4n) is 1.59. The number of carbonyl (C=O) groups excluding carboxylic acids is 1. The van der Waals surface area contributed by atoms with Crippen LogP contribution in [0, 0.1) is 17.0 Å². The van der Waals surface area contributed by atoms with Crippen LogP contribution in [-0.2, 0) is 0 Å². The number of halogens is 1. The number of amides is 1. The number of non-ortho nitro benzene ring substituents is 1. The van der Waals surface area contributed by atoms with E-state index in [1.165, 1.54) is 18.2 Å². The fourth-order valence-corrected chi connectivity index (χ4v) is 2.02. The van der Waals surface area contributed by atoms with Gasteiger partial charge in [-0.2, -0.15) is 0 Å². The molecule has 7 heteroatoms. The Hall–Kier alpha value is -2.28. The molecule has 2 rings (SSSR count). The molecule has 0 aliphatic rings. The van der Waals surface area contributed by atoms with E-state index in [-0.39, 0.29) is 11.3 Å². The lowest BCUT2D eigenvalue weighted by molar-refractivity contribution is -0.384. The van der Waals surface area contributed by atoms with E-state index >= 15 is 0 Å². The predicted octanol–water partition coefficient (Wildman–Crippen LogP) is 3.31. The maximum Gasteiger partial charge on any atom is 0.270 e. The highest BCUT2D eigenvalue weighted by Gasteiger charge is 2.16. The molecule has 1 aromatic heterocycles. The number of nitrogens with zero attached hydrogens (tertiary/aromatic N) is 2. The number of benzene rings is 1. The van der Waals surface area contributed by atoms with Crippen molar-refractivity contribution in [2.45, 2.75) is 6.92 Å². The van der Waals surface area contributed by atoms with Gasteiger partial charge in [-0.15, -0.1) is 0 Å². The van der Waals surface area contributed by atoms with Crippen molar-refractivity contribution in [1.82, 2.24) is 4.98 Å². The number of hydrogen-bond acceptors (Lipinski definition) is 4. The first-order chi connectivity index (χ1) is 9.49. The van der Waals surface area contributed by atoms with Gasteiger partial charge in [0.05, 0.1) is 10.5 Å². The van der Waals surface area contributed by atoms with E-state index < -0.39 is 10.8 Å². The standard InChI is InChI=1S/C13H10BrN3O3/c1-8-3-2-6-15-12(8)16-13(18)10-7-9(17(19)20)4-5-11(10)14/h2-7H,1H3,(H,15,16,18). The summed E-state index contributed by atoms with van der Waals surface area (Å²) in [5.74, 6) is -0.0294. The Morgan fingerprint density at radius 2 is 2.15 bits per heavy atom. The Balaban J connectivity index is 2.32. The Morgan fingerprint density at radius 1 is 1.40 bits per heavy atom. The minimum absolute atomic E-state index is 0.143. The number of nitrogens with one attached hydrogen (secondary N) is 1. The van der Waals surface area contributed by atoms with Crippen LogP contribution in [0.15, 0.2) is 41.0 Å². The summed E-state index contributed by atoms with van der Waals surface area (Å²) in [5.41, 5.74) is 0.850. The highest BCUT2D eigenvalue weighted by atomic mass is 79.9. The van der Waals surface area contributed by atoms with Crippen molar-refractivity contribution in [3.8, 4) is 0 Å². The van der Waals surface area contributed by atoms with Gasteiger partial charge in [0.15, 0.2) is 0 Å². The first kappa shape index (κ1) is 14.1. The van der Waals surface area contributed by atoms with Gasteiger partial charge in [-0.3, -0.25) is 14.9 Å². The SMILES string of the molecule is Cc1cccnc1NC(=O)c1cc([N+](=O)[O-])ccc1Br. The Morgan fingerprint density at radius 3 is 2.80 bits per heavy atom. The molecule has 0 saturated heterocycles. The van der Waals surface area contributed by atoms with Crippen molar-refractivity contribution in [2.75, 3.05) is 5.32 Å². The molecule has 0 aliphatic carbocycles. The first-order valence-corrected chi connectivity index (χ1v) is 6.45. The van der Waals surface area contributed by atoms with Gasteiger partial charge in [0, 0.05) is 22.8 Å². The summed E-state index contributed by atoms with van der Waals surface area (Å²) in [6.07, 6.45) is 1.56.